The second-order valence-electron chi connectivity index (χ2n) is 2.64. The van der Waals surface area contributed by atoms with E-state index in [1.807, 2.05) is 20.9 Å². The minimum Gasteiger partial charge on any atom is -0.400 e. The third-order valence-corrected chi connectivity index (χ3v) is 1.21. The van der Waals surface area contributed by atoms with E-state index >= 15 is 0 Å². The van der Waals surface area contributed by atoms with E-state index in [1.54, 1.807) is 0 Å². The summed E-state index contributed by atoms with van der Waals surface area (Å²) in [4.78, 5) is 0. The fourth-order valence-corrected chi connectivity index (χ4v) is 0.687. The standard InChI is InChI=1S/C7H17N.C2H6.CH4O/c1-7(2)5-4-6-8-3;2*1-2/h7-8H,4-6H2,1-3H3;1-2H3;2H,1H3. The molecule has 0 aromatic rings. The van der Waals surface area contributed by atoms with Gasteiger partial charge in [0.15, 0.2) is 0 Å². The maximum atomic E-state index is 7.00. The molecule has 0 aliphatic heterocycles. The Bertz CT molecular complexity index is 47.1. The average molecular weight is 177 g/mol. The van der Waals surface area contributed by atoms with E-state index in [0.717, 1.165) is 19.6 Å². The Kier molecular flexibility index (Phi) is 33.4. The van der Waals surface area contributed by atoms with E-state index < -0.39 is 0 Å². The van der Waals surface area contributed by atoms with E-state index in [9.17, 15) is 0 Å². The molecule has 0 bridgehead atoms. The van der Waals surface area contributed by atoms with Gasteiger partial charge in [-0.3, -0.25) is 0 Å². The molecule has 0 unspecified atom stereocenters. The molecule has 0 amide bonds. The molecule has 0 heterocycles. The lowest BCUT2D eigenvalue weighted by molar-refractivity contribution is 0.399. The molecule has 0 aliphatic rings. The van der Waals surface area contributed by atoms with Gasteiger partial charge in [0.25, 0.3) is 0 Å². The number of hydrogen-bond donors (Lipinski definition) is 2. The van der Waals surface area contributed by atoms with Crippen LogP contribution in [-0.2, 0) is 0 Å². The van der Waals surface area contributed by atoms with E-state index in [0.29, 0.717) is 0 Å². The van der Waals surface area contributed by atoms with Crippen molar-refractivity contribution in [2.75, 3.05) is 20.7 Å². The SMILES string of the molecule is CC.CNCCCC(C)C.CO. The van der Waals surface area contributed by atoms with Gasteiger partial charge in [0, 0.05) is 7.11 Å². The zero-order valence-electron chi connectivity index (χ0n) is 9.65. The molecule has 0 rings (SSSR count). The first-order valence-electron chi connectivity index (χ1n) is 4.86. The first-order valence-corrected chi connectivity index (χ1v) is 4.86. The molecule has 0 fully saturated rings. The zero-order valence-corrected chi connectivity index (χ0v) is 9.65. The van der Waals surface area contributed by atoms with Crippen molar-refractivity contribution in [1.29, 1.82) is 0 Å². The van der Waals surface area contributed by atoms with E-state index in [1.165, 1.54) is 12.8 Å². The monoisotopic (exact) mass is 177 g/mol. The Morgan fingerprint density at radius 3 is 1.83 bits per heavy atom. The second kappa shape index (κ2) is 22.4. The van der Waals surface area contributed by atoms with Gasteiger partial charge >= 0.3 is 0 Å². The van der Waals surface area contributed by atoms with Crippen LogP contribution in [0.2, 0.25) is 0 Å². The van der Waals surface area contributed by atoms with Crippen LogP contribution < -0.4 is 5.32 Å². The average Bonchev–Trinajstić information content (AvgIpc) is 2.12. The number of aliphatic hydroxyl groups is 1. The Balaban J connectivity index is -0.000000175. The van der Waals surface area contributed by atoms with Crippen molar-refractivity contribution >= 4 is 0 Å². The van der Waals surface area contributed by atoms with Gasteiger partial charge in [0.1, 0.15) is 0 Å². The lowest BCUT2D eigenvalue weighted by atomic mass is 10.1. The van der Waals surface area contributed by atoms with Crippen LogP contribution >= 0.6 is 0 Å². The van der Waals surface area contributed by atoms with Crippen LogP contribution in [0.15, 0.2) is 0 Å². The molecular formula is C10H27NO. The summed E-state index contributed by atoms with van der Waals surface area (Å²) in [6.07, 6.45) is 2.66. The molecule has 0 atom stereocenters. The molecule has 2 heteroatoms. The topological polar surface area (TPSA) is 32.3 Å². The molecule has 2 N–H and O–H groups in total. The van der Waals surface area contributed by atoms with Crippen LogP contribution in [-0.4, -0.2) is 25.8 Å². The van der Waals surface area contributed by atoms with Gasteiger partial charge in [0.2, 0.25) is 0 Å². The van der Waals surface area contributed by atoms with Crippen molar-refractivity contribution in [3.63, 3.8) is 0 Å². The Hall–Kier alpha value is -0.0800. The third kappa shape index (κ3) is 32.6. The van der Waals surface area contributed by atoms with E-state index in [-0.39, 0.29) is 0 Å². The lowest BCUT2D eigenvalue weighted by Crippen LogP contribution is -2.08. The number of hydrogen-bond acceptors (Lipinski definition) is 2. The smallest absolute Gasteiger partial charge is 0.0319 e. The molecule has 2 nitrogen and oxygen atoms in total. The zero-order chi connectivity index (χ0) is 10.4. The Morgan fingerprint density at radius 1 is 1.17 bits per heavy atom. The summed E-state index contributed by atoms with van der Waals surface area (Å²) < 4.78 is 0. The van der Waals surface area contributed by atoms with Gasteiger partial charge in [0.05, 0.1) is 0 Å². The predicted octanol–water partition coefficient (Wildman–Crippen LogP) is 2.28. The predicted molar refractivity (Wildman–Crippen MR) is 57.5 cm³/mol. The minimum atomic E-state index is 0.864. The summed E-state index contributed by atoms with van der Waals surface area (Å²) in [7, 11) is 3.00. The molecule has 0 saturated carbocycles. The molecule has 12 heavy (non-hydrogen) atoms. The van der Waals surface area contributed by atoms with E-state index in [4.69, 9.17) is 5.11 Å². The van der Waals surface area contributed by atoms with Crippen molar-refractivity contribution in [1.82, 2.24) is 5.32 Å². The third-order valence-electron chi connectivity index (χ3n) is 1.21. The van der Waals surface area contributed by atoms with Crippen molar-refractivity contribution in [2.45, 2.75) is 40.5 Å². The van der Waals surface area contributed by atoms with Crippen LogP contribution in [0.1, 0.15) is 40.5 Å². The maximum Gasteiger partial charge on any atom is 0.0319 e. The highest BCUT2D eigenvalue weighted by atomic mass is 16.2. The highest BCUT2D eigenvalue weighted by Crippen LogP contribution is 2.00. The second-order valence-corrected chi connectivity index (χ2v) is 2.64. The van der Waals surface area contributed by atoms with Gasteiger partial charge in [-0.15, -0.1) is 0 Å². The molecule has 0 aromatic carbocycles. The maximum absolute atomic E-state index is 7.00. The summed E-state index contributed by atoms with van der Waals surface area (Å²) in [6, 6.07) is 0. The van der Waals surface area contributed by atoms with Crippen LogP contribution in [0.4, 0.5) is 0 Å². The van der Waals surface area contributed by atoms with Crippen molar-refractivity contribution < 1.29 is 5.11 Å². The van der Waals surface area contributed by atoms with Crippen molar-refractivity contribution in [3.8, 4) is 0 Å². The highest BCUT2D eigenvalue weighted by Gasteiger charge is 1.90. The quantitative estimate of drug-likeness (QED) is 0.646. The molecular weight excluding hydrogens is 150 g/mol. The molecule has 0 radical (unpaired) electrons. The molecule has 0 spiro atoms. The summed E-state index contributed by atoms with van der Waals surface area (Å²) in [5.74, 6) is 0.864. The molecule has 78 valence electrons. The van der Waals surface area contributed by atoms with E-state index in [2.05, 4.69) is 19.2 Å². The molecule has 0 saturated heterocycles. The van der Waals surface area contributed by atoms with Gasteiger partial charge < -0.3 is 10.4 Å². The largest absolute Gasteiger partial charge is 0.400 e. The van der Waals surface area contributed by atoms with Crippen LogP contribution in [0.5, 0.6) is 0 Å². The Morgan fingerprint density at radius 2 is 1.58 bits per heavy atom. The minimum absolute atomic E-state index is 0.864. The number of rotatable bonds is 4. The van der Waals surface area contributed by atoms with Crippen LogP contribution in [0, 0.1) is 5.92 Å². The first kappa shape index (κ1) is 17.9. The van der Waals surface area contributed by atoms with Gasteiger partial charge in [-0.1, -0.05) is 27.7 Å². The van der Waals surface area contributed by atoms with Crippen molar-refractivity contribution in [2.24, 2.45) is 5.92 Å². The Labute approximate surface area is 78.4 Å². The highest BCUT2D eigenvalue weighted by molar-refractivity contribution is 4.46. The summed E-state index contributed by atoms with van der Waals surface area (Å²) in [6.45, 7) is 9.68. The first-order chi connectivity index (χ1) is 5.77. The molecule has 0 aliphatic carbocycles. The lowest BCUT2D eigenvalue weighted by Gasteiger charge is -2.01. The summed E-state index contributed by atoms with van der Waals surface area (Å²) in [5, 5.41) is 10.1. The number of nitrogens with one attached hydrogen (secondary N) is 1. The van der Waals surface area contributed by atoms with Crippen LogP contribution in [0.3, 0.4) is 0 Å². The van der Waals surface area contributed by atoms with Crippen molar-refractivity contribution in [3.05, 3.63) is 0 Å². The summed E-state index contributed by atoms with van der Waals surface area (Å²) in [5.41, 5.74) is 0. The molecule has 0 aromatic heterocycles. The van der Waals surface area contributed by atoms with Gasteiger partial charge in [-0.05, 0) is 32.4 Å². The normalized spacial score (nSPS) is 8.00. The van der Waals surface area contributed by atoms with Crippen LogP contribution in [0.25, 0.3) is 0 Å². The van der Waals surface area contributed by atoms with Gasteiger partial charge in [-0.25, -0.2) is 0 Å². The fraction of sp³-hybridized carbons (Fsp3) is 1.00. The van der Waals surface area contributed by atoms with Gasteiger partial charge in [-0.2, -0.15) is 0 Å². The summed E-state index contributed by atoms with van der Waals surface area (Å²) >= 11 is 0. The fourth-order valence-electron chi connectivity index (χ4n) is 0.687. The number of aliphatic hydroxyl groups excluding tert-OH is 1.